The Morgan fingerprint density at radius 3 is 2.25 bits per heavy atom. The zero-order chi connectivity index (χ0) is 17.9. The van der Waals surface area contributed by atoms with Crippen LogP contribution >= 0.6 is 0 Å². The lowest BCUT2D eigenvalue weighted by Crippen LogP contribution is -2.47. The third kappa shape index (κ3) is 3.51. The minimum absolute atomic E-state index is 0.331. The highest BCUT2D eigenvalue weighted by Gasteiger charge is 2.45. The summed E-state index contributed by atoms with van der Waals surface area (Å²) in [5.74, 6) is 0.798. The topological polar surface area (TPSA) is 87.1 Å². The first-order valence-corrected chi connectivity index (χ1v) is 10.6. The molecule has 2 aromatic rings. The first-order valence-electron chi connectivity index (χ1n) is 8.46. The standard InChI is InChI=1S/C17H28N4O2Si/c1-11(2)24(12(3)4,13(5)6)22-10-15-20-21-17(23-15)16-14(18)8-7-9-19-16/h7-9,11-13H,10,18H2,1-6H3. The number of hydrogen-bond donors (Lipinski definition) is 1. The summed E-state index contributed by atoms with van der Waals surface area (Å²) >= 11 is 0. The SMILES string of the molecule is CC(C)[Si](OCc1nnc(-c2ncccc2N)o1)(C(C)C)C(C)C. The number of nitrogen functional groups attached to an aromatic ring is 1. The molecule has 0 saturated carbocycles. The quantitative estimate of drug-likeness (QED) is 0.746. The van der Waals surface area contributed by atoms with Crippen LogP contribution in [0.2, 0.25) is 16.6 Å². The van der Waals surface area contributed by atoms with Gasteiger partial charge in [-0.3, -0.25) is 0 Å². The van der Waals surface area contributed by atoms with E-state index in [2.05, 4.69) is 56.7 Å². The lowest BCUT2D eigenvalue weighted by molar-refractivity contribution is 0.232. The minimum Gasteiger partial charge on any atom is -0.417 e. The van der Waals surface area contributed by atoms with Gasteiger partial charge in [0.05, 0.1) is 5.69 Å². The van der Waals surface area contributed by atoms with E-state index >= 15 is 0 Å². The number of anilines is 1. The van der Waals surface area contributed by atoms with Gasteiger partial charge in [0.1, 0.15) is 12.3 Å². The van der Waals surface area contributed by atoms with Crippen molar-refractivity contribution in [1.29, 1.82) is 0 Å². The van der Waals surface area contributed by atoms with Crippen molar-refractivity contribution in [3.8, 4) is 11.6 Å². The Balaban J connectivity index is 2.19. The molecule has 6 nitrogen and oxygen atoms in total. The van der Waals surface area contributed by atoms with Crippen LogP contribution < -0.4 is 5.73 Å². The summed E-state index contributed by atoms with van der Waals surface area (Å²) in [6.45, 7) is 13.8. The van der Waals surface area contributed by atoms with Crippen LogP contribution in [0.15, 0.2) is 22.7 Å². The molecule has 0 atom stereocenters. The molecule has 2 heterocycles. The van der Waals surface area contributed by atoms with Gasteiger partial charge in [-0.2, -0.15) is 0 Å². The van der Waals surface area contributed by atoms with Crippen LogP contribution in [0.5, 0.6) is 0 Å². The van der Waals surface area contributed by atoms with Gasteiger partial charge in [0.15, 0.2) is 0 Å². The smallest absolute Gasteiger partial charge is 0.268 e. The summed E-state index contributed by atoms with van der Waals surface area (Å²) < 4.78 is 12.2. The normalized spacial score (nSPS) is 12.5. The van der Waals surface area contributed by atoms with E-state index in [1.807, 2.05) is 0 Å². The second-order valence-electron chi connectivity index (χ2n) is 7.05. The van der Waals surface area contributed by atoms with Gasteiger partial charge in [-0.15, -0.1) is 10.2 Å². The molecule has 0 bridgehead atoms. The fraction of sp³-hybridized carbons (Fsp3) is 0.588. The number of hydrogen-bond acceptors (Lipinski definition) is 6. The van der Waals surface area contributed by atoms with Crippen LogP contribution in [0.4, 0.5) is 5.69 Å². The largest absolute Gasteiger partial charge is 0.417 e. The van der Waals surface area contributed by atoms with Gasteiger partial charge in [0.25, 0.3) is 5.89 Å². The molecule has 0 fully saturated rings. The number of pyridine rings is 1. The summed E-state index contributed by atoms with van der Waals surface area (Å²) in [5, 5.41) is 8.16. The van der Waals surface area contributed by atoms with Crippen molar-refractivity contribution in [3.63, 3.8) is 0 Å². The first kappa shape index (κ1) is 18.6. The molecule has 2 rings (SSSR count). The number of aromatic nitrogens is 3. The van der Waals surface area contributed by atoms with E-state index in [4.69, 9.17) is 14.6 Å². The Hall–Kier alpha value is -1.73. The molecule has 2 N–H and O–H groups in total. The van der Waals surface area contributed by atoms with Gasteiger partial charge in [0, 0.05) is 6.20 Å². The Morgan fingerprint density at radius 2 is 1.71 bits per heavy atom. The molecule has 0 amide bonds. The lowest BCUT2D eigenvalue weighted by atomic mass is 10.3. The summed E-state index contributed by atoms with van der Waals surface area (Å²) in [6, 6.07) is 3.53. The van der Waals surface area contributed by atoms with Crippen LogP contribution in [-0.4, -0.2) is 23.5 Å². The van der Waals surface area contributed by atoms with Gasteiger partial charge < -0.3 is 14.6 Å². The molecule has 0 aliphatic heterocycles. The molecule has 7 heteroatoms. The predicted octanol–water partition coefficient (Wildman–Crippen LogP) is 4.41. The highest BCUT2D eigenvalue weighted by molar-refractivity contribution is 6.77. The second-order valence-corrected chi connectivity index (χ2v) is 12.5. The number of nitrogens with two attached hydrogens (primary N) is 1. The van der Waals surface area contributed by atoms with Crippen molar-refractivity contribution < 1.29 is 8.84 Å². The highest BCUT2D eigenvalue weighted by atomic mass is 28.4. The summed E-state index contributed by atoms with van der Waals surface area (Å²) in [6.07, 6.45) is 1.65. The molecule has 0 aliphatic carbocycles. The van der Waals surface area contributed by atoms with E-state index < -0.39 is 8.32 Å². The van der Waals surface area contributed by atoms with Gasteiger partial charge in [-0.25, -0.2) is 4.98 Å². The zero-order valence-corrected chi connectivity index (χ0v) is 16.4. The third-order valence-corrected chi connectivity index (χ3v) is 10.7. The molecular formula is C17H28N4O2Si. The summed E-state index contributed by atoms with van der Waals surface area (Å²) in [7, 11) is -1.96. The average Bonchev–Trinajstić information content (AvgIpc) is 2.96. The molecule has 132 valence electrons. The van der Waals surface area contributed by atoms with E-state index in [0.717, 1.165) is 0 Å². The van der Waals surface area contributed by atoms with Crippen molar-refractivity contribution >= 4 is 14.0 Å². The Kier molecular flexibility index (Phi) is 5.77. The molecule has 0 aliphatic rings. The van der Waals surface area contributed by atoms with Crippen molar-refractivity contribution in [2.45, 2.75) is 64.8 Å². The van der Waals surface area contributed by atoms with Crippen LogP contribution in [0.3, 0.4) is 0 Å². The minimum atomic E-state index is -1.96. The first-order chi connectivity index (χ1) is 11.3. The predicted molar refractivity (Wildman–Crippen MR) is 97.8 cm³/mol. The van der Waals surface area contributed by atoms with Crippen molar-refractivity contribution in [1.82, 2.24) is 15.2 Å². The van der Waals surface area contributed by atoms with Crippen molar-refractivity contribution in [2.24, 2.45) is 0 Å². The van der Waals surface area contributed by atoms with E-state index in [1.54, 1.807) is 18.3 Å². The fourth-order valence-corrected chi connectivity index (χ4v) is 9.06. The van der Waals surface area contributed by atoms with Gasteiger partial charge in [0.2, 0.25) is 14.2 Å². The molecule has 2 aromatic heterocycles. The van der Waals surface area contributed by atoms with Crippen LogP contribution in [-0.2, 0) is 11.0 Å². The van der Waals surface area contributed by atoms with Crippen LogP contribution in [0.25, 0.3) is 11.6 Å². The van der Waals surface area contributed by atoms with Gasteiger partial charge >= 0.3 is 0 Å². The maximum absolute atomic E-state index is 6.47. The molecule has 0 saturated heterocycles. The molecule has 24 heavy (non-hydrogen) atoms. The van der Waals surface area contributed by atoms with Crippen molar-refractivity contribution in [3.05, 3.63) is 24.2 Å². The Bertz CT molecular complexity index is 648. The van der Waals surface area contributed by atoms with Gasteiger partial charge in [-0.05, 0) is 28.8 Å². The summed E-state index contributed by atoms with van der Waals surface area (Å²) in [4.78, 5) is 4.20. The molecule has 0 aromatic carbocycles. The maximum Gasteiger partial charge on any atom is 0.268 e. The Morgan fingerprint density at radius 1 is 1.08 bits per heavy atom. The zero-order valence-electron chi connectivity index (χ0n) is 15.4. The Labute approximate surface area is 145 Å². The lowest BCUT2D eigenvalue weighted by Gasteiger charge is -2.41. The molecule has 0 radical (unpaired) electrons. The maximum atomic E-state index is 6.47. The number of rotatable bonds is 7. The molecule has 0 unspecified atom stereocenters. The summed E-state index contributed by atoms with van der Waals surface area (Å²) in [5.41, 5.74) is 8.46. The fourth-order valence-electron chi connectivity index (χ4n) is 3.69. The van der Waals surface area contributed by atoms with E-state index in [1.165, 1.54) is 0 Å². The average molecular weight is 349 g/mol. The van der Waals surface area contributed by atoms with Crippen LogP contribution in [0.1, 0.15) is 47.4 Å². The number of nitrogens with zero attached hydrogens (tertiary/aromatic N) is 3. The molecular weight excluding hydrogens is 320 g/mol. The third-order valence-electron chi connectivity index (χ3n) is 4.66. The van der Waals surface area contributed by atoms with Crippen LogP contribution in [0, 0.1) is 0 Å². The van der Waals surface area contributed by atoms with E-state index in [-0.39, 0.29) is 0 Å². The van der Waals surface area contributed by atoms with Crippen molar-refractivity contribution in [2.75, 3.05) is 5.73 Å². The van der Waals surface area contributed by atoms with E-state index in [9.17, 15) is 0 Å². The monoisotopic (exact) mass is 348 g/mol. The highest BCUT2D eigenvalue weighted by Crippen LogP contribution is 2.42. The van der Waals surface area contributed by atoms with Gasteiger partial charge in [-0.1, -0.05) is 41.5 Å². The van der Waals surface area contributed by atoms with E-state index in [0.29, 0.717) is 46.4 Å². The molecule has 0 spiro atoms. The second kappa shape index (κ2) is 7.44.